The Labute approximate surface area is 158 Å². The zero-order valence-electron chi connectivity index (χ0n) is 15.0. The molecule has 0 fully saturated rings. The van der Waals surface area contributed by atoms with Crippen LogP contribution in [0.1, 0.15) is 32.6 Å². The van der Waals surface area contributed by atoms with Crippen LogP contribution in [0.2, 0.25) is 0 Å². The van der Waals surface area contributed by atoms with Gasteiger partial charge < -0.3 is 15.5 Å². The standard InChI is InChI=1S/C16H19N3O3S.C2H6O/c1-19(16(23)17-11-7-3-2-4-8-11)18-14(20)12-9-5-6-10-13(12)15(21)22;1-2-3/h2-4,7-8H,5-6,9-10H2,1H3,(H,17,23)(H,18,20)(H,21,22);3H,2H2,1H3. The number of anilines is 1. The minimum Gasteiger partial charge on any atom is -0.478 e. The van der Waals surface area contributed by atoms with Gasteiger partial charge in [-0.15, -0.1) is 0 Å². The van der Waals surface area contributed by atoms with Gasteiger partial charge in [-0.05, 0) is 57.0 Å². The first-order chi connectivity index (χ1) is 12.4. The van der Waals surface area contributed by atoms with E-state index in [-0.39, 0.29) is 12.2 Å². The molecule has 0 saturated carbocycles. The molecular weight excluding hydrogens is 354 g/mol. The van der Waals surface area contributed by atoms with E-state index in [9.17, 15) is 14.7 Å². The maximum absolute atomic E-state index is 12.3. The zero-order chi connectivity index (χ0) is 19.5. The average molecular weight is 379 g/mol. The van der Waals surface area contributed by atoms with Crippen molar-refractivity contribution in [3.8, 4) is 0 Å². The van der Waals surface area contributed by atoms with Crippen LogP contribution >= 0.6 is 12.2 Å². The Morgan fingerprint density at radius 1 is 1.15 bits per heavy atom. The Hall–Kier alpha value is -2.45. The molecular formula is C18H25N3O4S. The molecule has 0 aromatic heterocycles. The van der Waals surface area contributed by atoms with Gasteiger partial charge in [0.1, 0.15) is 0 Å². The van der Waals surface area contributed by atoms with E-state index in [1.165, 1.54) is 5.01 Å². The summed E-state index contributed by atoms with van der Waals surface area (Å²) >= 11 is 5.23. The van der Waals surface area contributed by atoms with Crippen LogP contribution in [0.3, 0.4) is 0 Å². The van der Waals surface area contributed by atoms with E-state index in [1.54, 1.807) is 14.0 Å². The molecule has 7 nitrogen and oxygen atoms in total. The predicted octanol–water partition coefficient (Wildman–Crippen LogP) is 2.30. The third-order valence-corrected chi connectivity index (χ3v) is 3.97. The largest absolute Gasteiger partial charge is 0.478 e. The fraction of sp³-hybridized carbons (Fsp3) is 0.389. The number of thiocarbonyl (C=S) groups is 1. The first-order valence-corrected chi connectivity index (χ1v) is 8.78. The summed E-state index contributed by atoms with van der Waals surface area (Å²) in [6.45, 7) is 1.93. The van der Waals surface area contributed by atoms with Crippen molar-refractivity contribution in [1.82, 2.24) is 10.4 Å². The Morgan fingerprint density at radius 2 is 1.69 bits per heavy atom. The number of carbonyl (C=O) groups excluding carboxylic acids is 1. The monoisotopic (exact) mass is 379 g/mol. The van der Waals surface area contributed by atoms with Crippen LogP contribution in [0.4, 0.5) is 5.69 Å². The van der Waals surface area contributed by atoms with Crippen LogP contribution in [0.15, 0.2) is 41.5 Å². The minimum atomic E-state index is -1.03. The van der Waals surface area contributed by atoms with Crippen LogP contribution in [0.5, 0.6) is 0 Å². The summed E-state index contributed by atoms with van der Waals surface area (Å²) in [5.74, 6) is -1.44. The smallest absolute Gasteiger partial charge is 0.332 e. The van der Waals surface area contributed by atoms with Crippen molar-refractivity contribution >= 4 is 34.9 Å². The summed E-state index contributed by atoms with van der Waals surface area (Å²) < 4.78 is 0. The van der Waals surface area contributed by atoms with Gasteiger partial charge in [-0.1, -0.05) is 18.2 Å². The molecule has 0 heterocycles. The number of carboxylic acid groups (broad SMARTS) is 1. The van der Waals surface area contributed by atoms with Crippen molar-refractivity contribution in [1.29, 1.82) is 0 Å². The number of rotatable bonds is 3. The maximum atomic E-state index is 12.3. The van der Waals surface area contributed by atoms with E-state index >= 15 is 0 Å². The number of hydrogen-bond donors (Lipinski definition) is 4. The molecule has 0 unspecified atom stereocenters. The highest BCUT2D eigenvalue weighted by molar-refractivity contribution is 7.80. The van der Waals surface area contributed by atoms with Crippen molar-refractivity contribution in [2.45, 2.75) is 32.6 Å². The van der Waals surface area contributed by atoms with Gasteiger partial charge in [0.15, 0.2) is 5.11 Å². The number of aliphatic hydroxyl groups is 1. The van der Waals surface area contributed by atoms with E-state index < -0.39 is 11.9 Å². The van der Waals surface area contributed by atoms with Crippen LogP contribution in [-0.4, -0.2) is 45.9 Å². The van der Waals surface area contributed by atoms with E-state index in [2.05, 4.69) is 10.7 Å². The summed E-state index contributed by atoms with van der Waals surface area (Å²) in [6, 6.07) is 9.34. The van der Waals surface area contributed by atoms with Crippen molar-refractivity contribution in [3.05, 3.63) is 41.5 Å². The van der Waals surface area contributed by atoms with E-state index in [0.29, 0.717) is 23.5 Å². The Bertz CT molecular complexity index is 662. The molecule has 0 spiro atoms. The molecule has 1 aliphatic carbocycles. The van der Waals surface area contributed by atoms with E-state index in [1.807, 2.05) is 30.3 Å². The van der Waals surface area contributed by atoms with Gasteiger partial charge in [-0.2, -0.15) is 0 Å². The number of aliphatic hydroxyl groups excluding tert-OH is 1. The second kappa shape index (κ2) is 11.2. The first-order valence-electron chi connectivity index (χ1n) is 8.37. The molecule has 0 aliphatic heterocycles. The first kappa shape index (κ1) is 21.6. The second-order valence-electron chi connectivity index (χ2n) is 5.58. The van der Waals surface area contributed by atoms with Crippen molar-refractivity contribution in [2.75, 3.05) is 19.0 Å². The molecule has 8 heteroatoms. The van der Waals surface area contributed by atoms with Gasteiger partial charge in [0, 0.05) is 30.5 Å². The number of aliphatic carboxylic acids is 1. The number of para-hydroxylation sites is 1. The Morgan fingerprint density at radius 3 is 2.23 bits per heavy atom. The molecule has 1 aliphatic rings. The molecule has 0 bridgehead atoms. The van der Waals surface area contributed by atoms with Gasteiger partial charge in [0.05, 0.1) is 0 Å². The summed E-state index contributed by atoms with van der Waals surface area (Å²) in [6.07, 6.45) is 2.51. The van der Waals surface area contributed by atoms with Crippen LogP contribution in [-0.2, 0) is 9.59 Å². The van der Waals surface area contributed by atoms with Crippen LogP contribution < -0.4 is 10.7 Å². The molecule has 0 atom stereocenters. The molecule has 26 heavy (non-hydrogen) atoms. The summed E-state index contributed by atoms with van der Waals surface area (Å²) in [5, 5.41) is 21.5. The lowest BCUT2D eigenvalue weighted by Crippen LogP contribution is -2.46. The normalized spacial score (nSPS) is 13.2. The average Bonchev–Trinajstić information content (AvgIpc) is 2.63. The second-order valence-corrected chi connectivity index (χ2v) is 5.97. The SMILES string of the molecule is CCO.CN(NC(=O)C1=C(C(=O)O)CCCC1)C(=S)Nc1ccccc1. The van der Waals surface area contributed by atoms with Crippen LogP contribution in [0, 0.1) is 0 Å². The van der Waals surface area contributed by atoms with Gasteiger partial charge in [0.2, 0.25) is 0 Å². The van der Waals surface area contributed by atoms with Gasteiger partial charge >= 0.3 is 5.97 Å². The summed E-state index contributed by atoms with van der Waals surface area (Å²) in [5.41, 5.74) is 3.96. The van der Waals surface area contributed by atoms with Gasteiger partial charge in [-0.3, -0.25) is 15.2 Å². The molecule has 2 rings (SSSR count). The molecule has 1 amide bonds. The topological polar surface area (TPSA) is 102 Å². The fourth-order valence-corrected chi connectivity index (χ4v) is 2.55. The lowest BCUT2D eigenvalue weighted by Gasteiger charge is -2.24. The number of carbonyl (C=O) groups is 2. The number of nitrogens with zero attached hydrogens (tertiary/aromatic N) is 1. The summed E-state index contributed by atoms with van der Waals surface area (Å²) in [7, 11) is 1.61. The van der Waals surface area contributed by atoms with Crippen molar-refractivity contribution in [2.24, 2.45) is 0 Å². The number of nitrogens with one attached hydrogen (secondary N) is 2. The number of hydrazine groups is 1. The highest BCUT2D eigenvalue weighted by atomic mass is 32.1. The predicted molar refractivity (Wildman–Crippen MR) is 104 cm³/mol. The quantitative estimate of drug-likeness (QED) is 0.472. The number of hydrogen-bond acceptors (Lipinski definition) is 4. The van der Waals surface area contributed by atoms with Crippen LogP contribution in [0.25, 0.3) is 0 Å². The zero-order valence-corrected chi connectivity index (χ0v) is 15.8. The van der Waals surface area contributed by atoms with Crippen molar-refractivity contribution in [3.63, 3.8) is 0 Å². The molecule has 0 radical (unpaired) electrons. The minimum absolute atomic E-state index is 0.198. The number of benzene rings is 1. The molecule has 4 N–H and O–H groups in total. The molecule has 0 saturated heterocycles. The third-order valence-electron chi connectivity index (χ3n) is 3.60. The fourth-order valence-electron chi connectivity index (χ4n) is 2.39. The lowest BCUT2D eigenvalue weighted by molar-refractivity contribution is -0.133. The van der Waals surface area contributed by atoms with Gasteiger partial charge in [0.25, 0.3) is 5.91 Å². The molecule has 1 aromatic rings. The summed E-state index contributed by atoms with van der Waals surface area (Å²) in [4.78, 5) is 23.6. The van der Waals surface area contributed by atoms with Gasteiger partial charge in [-0.25, -0.2) is 4.79 Å². The molecule has 1 aromatic carbocycles. The molecule has 142 valence electrons. The Balaban J connectivity index is 0.00000105. The number of carboxylic acids is 1. The Kier molecular flexibility index (Phi) is 9.32. The highest BCUT2D eigenvalue weighted by Gasteiger charge is 2.24. The highest BCUT2D eigenvalue weighted by Crippen LogP contribution is 2.25. The number of amides is 1. The maximum Gasteiger partial charge on any atom is 0.332 e. The third kappa shape index (κ3) is 6.81. The lowest BCUT2D eigenvalue weighted by atomic mass is 9.91. The van der Waals surface area contributed by atoms with Crippen molar-refractivity contribution < 1.29 is 19.8 Å². The van der Waals surface area contributed by atoms with E-state index in [4.69, 9.17) is 17.3 Å². The van der Waals surface area contributed by atoms with E-state index in [0.717, 1.165) is 18.5 Å².